The van der Waals surface area contributed by atoms with Crippen LogP contribution in [0.15, 0.2) is 0 Å². The molecular weight excluding hydrogens is 1460 g/mol. The normalized spacial score (nSPS) is 25.2. The molecule has 12 aliphatic rings. The summed E-state index contributed by atoms with van der Waals surface area (Å²) in [5, 5.41) is 18.4. The number of likely N-dealkylation sites (tertiary alicyclic amines) is 11. The van der Waals surface area contributed by atoms with Crippen LogP contribution in [0, 0.1) is 0 Å². The third kappa shape index (κ3) is 34.2. The van der Waals surface area contributed by atoms with Crippen LogP contribution in [0.5, 0.6) is 0 Å². The number of urea groups is 5. The van der Waals surface area contributed by atoms with Crippen LogP contribution in [0.3, 0.4) is 0 Å². The lowest BCUT2D eigenvalue weighted by Crippen LogP contribution is -2.54. The summed E-state index contributed by atoms with van der Waals surface area (Å²) < 4.78 is 84.4. The molecule has 12 aliphatic heterocycles. The van der Waals surface area contributed by atoms with E-state index in [-0.39, 0.29) is 105 Å². The Morgan fingerprint density at radius 3 is 0.912 bits per heavy atom. The highest BCUT2D eigenvalue weighted by molar-refractivity contribution is 5.81. The molecule has 113 heavy (non-hydrogen) atoms. The Hall–Kier alpha value is -4.88. The Labute approximate surface area is 675 Å². The zero-order valence-corrected chi connectivity index (χ0v) is 71.6. The molecule has 0 bridgehead atoms. The van der Waals surface area contributed by atoms with Crippen LogP contribution in [-0.4, -0.2) is 343 Å². The van der Waals surface area contributed by atoms with E-state index in [1.807, 2.05) is 4.90 Å². The van der Waals surface area contributed by atoms with Gasteiger partial charge in [-0.05, 0) is 224 Å². The number of alkyl halides is 6. The summed E-state index contributed by atoms with van der Waals surface area (Å²) >= 11 is 0. The van der Waals surface area contributed by atoms with Gasteiger partial charge in [-0.25, -0.2) is 50.3 Å². The number of nitrogens with zero attached hydrogens (tertiary/aromatic N) is 11. The smallest absolute Gasteiger partial charge is 0.317 e. The predicted molar refractivity (Wildman–Crippen MR) is 436 cm³/mol. The zero-order valence-electron chi connectivity index (χ0n) is 71.6. The molecule has 2 atom stereocenters. The number of hydrogen-bond donors (Lipinski definition) is 6. The van der Waals surface area contributed by atoms with Crippen molar-refractivity contribution in [3.8, 4) is 0 Å². The highest BCUT2D eigenvalue weighted by Gasteiger charge is 2.40. The quantitative estimate of drug-likeness (QED) is 0.0947. The van der Waals surface area contributed by atoms with Crippen molar-refractivity contribution in [3.05, 3.63) is 0 Å². The van der Waals surface area contributed by atoms with Gasteiger partial charge in [0.25, 0.3) is 11.8 Å². The van der Waals surface area contributed by atoms with Crippen LogP contribution in [0.2, 0.25) is 0 Å². The number of hydrogen-bond acceptors (Lipinski definition) is 13. The van der Waals surface area contributed by atoms with Gasteiger partial charge in [-0.3, -0.25) is 4.79 Å². The molecular formula is C83H153F6N17O7. The molecule has 0 radical (unpaired) electrons. The van der Waals surface area contributed by atoms with Crippen molar-refractivity contribution < 1.29 is 59.8 Å². The van der Waals surface area contributed by atoms with Gasteiger partial charge in [-0.2, -0.15) is 0 Å². The van der Waals surface area contributed by atoms with Crippen LogP contribution in [0.1, 0.15) is 244 Å². The van der Waals surface area contributed by atoms with E-state index in [2.05, 4.69) is 144 Å². The van der Waals surface area contributed by atoms with Crippen molar-refractivity contribution in [2.75, 3.05) is 151 Å². The summed E-state index contributed by atoms with van der Waals surface area (Å²) in [6.07, 6.45) is 18.0. The Morgan fingerprint density at radius 2 is 0.593 bits per heavy atom. The topological polar surface area (TPSA) is 219 Å². The number of rotatable bonds is 13. The van der Waals surface area contributed by atoms with Gasteiger partial charge in [0.05, 0.1) is 13.1 Å². The highest BCUT2D eigenvalue weighted by atomic mass is 19.3. The summed E-state index contributed by atoms with van der Waals surface area (Å²) in [5.74, 6) is -5.22. The monoisotopic (exact) mass is 1610 g/mol. The molecule has 654 valence electrons. The molecule has 30 heteroatoms. The first-order valence-electron chi connectivity index (χ1n) is 44.4. The number of ether oxygens (including phenoxy) is 1. The number of amides is 11. The summed E-state index contributed by atoms with van der Waals surface area (Å²) in [6.45, 7) is 43.9. The van der Waals surface area contributed by atoms with E-state index in [0.29, 0.717) is 100 Å². The molecule has 12 heterocycles. The molecule has 24 nitrogen and oxygen atoms in total. The third-order valence-corrected chi connectivity index (χ3v) is 25.2. The molecule has 12 saturated heterocycles. The fourth-order valence-corrected chi connectivity index (χ4v) is 17.2. The Kier molecular flexibility index (Phi) is 40.7. The third-order valence-electron chi connectivity index (χ3n) is 25.2. The zero-order chi connectivity index (χ0) is 82.4. The second kappa shape index (κ2) is 48.2. The standard InChI is InChI=1S/2C14H25F2N3O.2C14H26FN3O.C14H27N3O.C13H24N2O2/c1-11(2)18-7-3-12(4-8-18)17-13(20)19-9-5-14(15,16)6-10-19;1-11(2)18-8-4-12(5-9-18)17-13(20)19-7-3-6-14(15,16)10-19;1-11(2)17-9-5-13(6-10-17)16-14(19)18-7-3-12(15)4-8-18;1-11(2)17-8-5-13(6-9-17)16-14(19)18-7-3-4-12(15)10-18;1-12(2)16-10-6-13(7-11-16)15-14(18)17-8-4-3-5-9-17;1-10(2)15-7-5-11(6-8-15)14-13(16)12-4-3-9-17-12/h2*11-12H,3-10H2,1-2H3,(H,17,20);2*11-13H,3-10H2,1-2H3,(H,16,19);12-13H,3-11H2,1-2H3,(H,15,18);10-12H,3-9H2,1-2H3,(H,14,16). The molecule has 2 unspecified atom stereocenters. The fraction of sp³-hybridized carbons (Fsp3) is 0.928. The van der Waals surface area contributed by atoms with Crippen LogP contribution >= 0.6 is 0 Å². The van der Waals surface area contributed by atoms with E-state index in [4.69, 9.17) is 4.74 Å². The van der Waals surface area contributed by atoms with Gasteiger partial charge >= 0.3 is 30.2 Å². The second-order valence-corrected chi connectivity index (χ2v) is 35.8. The van der Waals surface area contributed by atoms with E-state index >= 15 is 0 Å². The average molecular weight is 1620 g/mol. The Bertz CT molecular complexity index is 2730. The lowest BCUT2D eigenvalue weighted by atomic mass is 10.0. The molecule has 0 spiro atoms. The van der Waals surface area contributed by atoms with E-state index in [1.54, 1.807) is 9.80 Å². The minimum absolute atomic E-state index is 0.00473. The van der Waals surface area contributed by atoms with Crippen molar-refractivity contribution in [1.82, 2.24) is 85.8 Å². The Balaban J connectivity index is 0.000000188. The van der Waals surface area contributed by atoms with Crippen molar-refractivity contribution in [1.29, 1.82) is 0 Å². The summed E-state index contributed by atoms with van der Waals surface area (Å²) in [6, 6.07) is 4.61. The summed E-state index contributed by atoms with van der Waals surface area (Å²) in [7, 11) is 0. The van der Waals surface area contributed by atoms with Gasteiger partial charge in [0.15, 0.2) is 0 Å². The molecule has 0 aliphatic carbocycles. The lowest BCUT2D eigenvalue weighted by molar-refractivity contribution is -0.131. The number of halogens is 6. The van der Waals surface area contributed by atoms with E-state index < -0.39 is 30.7 Å². The van der Waals surface area contributed by atoms with E-state index in [9.17, 15) is 55.1 Å². The molecule has 12 rings (SSSR count). The minimum Gasteiger partial charge on any atom is -0.368 e. The maximum Gasteiger partial charge on any atom is 0.317 e. The highest BCUT2D eigenvalue weighted by Crippen LogP contribution is 2.30. The summed E-state index contributed by atoms with van der Waals surface area (Å²) in [4.78, 5) is 94.9. The maximum absolute atomic E-state index is 13.3. The van der Waals surface area contributed by atoms with Gasteiger partial charge in [0.1, 0.15) is 18.4 Å². The molecule has 0 aromatic rings. The molecule has 6 N–H and O–H groups in total. The van der Waals surface area contributed by atoms with Gasteiger partial charge in [-0.1, -0.05) is 0 Å². The second-order valence-electron chi connectivity index (χ2n) is 35.8. The summed E-state index contributed by atoms with van der Waals surface area (Å²) in [5.41, 5.74) is 0. The first kappa shape index (κ1) is 95.3. The van der Waals surface area contributed by atoms with E-state index in [1.165, 1.54) is 29.1 Å². The first-order valence-corrected chi connectivity index (χ1v) is 44.4. The largest absolute Gasteiger partial charge is 0.368 e. The first-order chi connectivity index (χ1) is 53.7. The van der Waals surface area contributed by atoms with Gasteiger partial charge < -0.3 is 90.5 Å². The van der Waals surface area contributed by atoms with Crippen LogP contribution in [0.4, 0.5) is 50.3 Å². The average Bonchev–Trinajstić information content (AvgIpc) is 1.34. The minimum atomic E-state index is -2.73. The number of nitrogens with one attached hydrogen (secondary N) is 6. The molecule has 12 fully saturated rings. The van der Waals surface area contributed by atoms with Crippen LogP contribution in [0.25, 0.3) is 0 Å². The van der Waals surface area contributed by atoms with Crippen molar-refractivity contribution in [2.24, 2.45) is 0 Å². The predicted octanol–water partition coefficient (Wildman–Crippen LogP) is 11.8. The fourth-order valence-electron chi connectivity index (χ4n) is 17.2. The SMILES string of the molecule is CC(C)N1CCC(NC(=O)C2CCCO2)CC1.CC(C)N1CCC(NC(=O)N2CCC(F)(F)CC2)CC1.CC(C)N1CCC(NC(=O)N2CCC(F)CC2)CC1.CC(C)N1CCC(NC(=O)N2CCCC(F)(F)C2)CC1.CC(C)N1CCC(NC(=O)N2CCCC(F)C2)CC1.CC(C)N1CCC(NC(=O)N2CCCCC2)CC1. The molecule has 0 aromatic heterocycles. The van der Waals surface area contributed by atoms with Gasteiger partial charge in [0.2, 0.25) is 5.91 Å². The number of carbonyl (C=O) groups excluding carboxylic acids is 6. The van der Waals surface area contributed by atoms with Crippen molar-refractivity contribution in [2.45, 2.75) is 346 Å². The molecule has 0 aromatic carbocycles. The van der Waals surface area contributed by atoms with Gasteiger partial charge in [-0.15, -0.1) is 0 Å². The lowest BCUT2D eigenvalue weighted by Gasteiger charge is -2.37. The van der Waals surface area contributed by atoms with E-state index in [0.717, 1.165) is 195 Å². The van der Waals surface area contributed by atoms with Crippen molar-refractivity contribution in [3.63, 3.8) is 0 Å². The van der Waals surface area contributed by atoms with Gasteiger partial charge in [0, 0.05) is 229 Å². The molecule has 0 saturated carbocycles. The van der Waals surface area contributed by atoms with Crippen LogP contribution < -0.4 is 31.9 Å². The van der Waals surface area contributed by atoms with Crippen LogP contribution in [-0.2, 0) is 9.53 Å². The maximum atomic E-state index is 13.3. The number of carbonyl (C=O) groups is 6. The van der Waals surface area contributed by atoms with Crippen molar-refractivity contribution >= 4 is 36.1 Å². The molecule has 11 amide bonds. The number of piperidine rings is 11. The Morgan fingerprint density at radius 1 is 0.292 bits per heavy atom.